The summed E-state index contributed by atoms with van der Waals surface area (Å²) in [5.41, 5.74) is 0.528. The van der Waals surface area contributed by atoms with Crippen LogP contribution in [0, 0.1) is 5.82 Å². The molecule has 1 aromatic heterocycles. The van der Waals surface area contributed by atoms with E-state index in [4.69, 9.17) is 11.6 Å². The average molecular weight is 229 g/mol. The highest BCUT2D eigenvalue weighted by Gasteiger charge is 2.24. The zero-order chi connectivity index (χ0) is 10.8. The van der Waals surface area contributed by atoms with Gasteiger partial charge in [-0.05, 0) is 25.8 Å². The Bertz CT molecular complexity index is 356. The first-order valence-electron chi connectivity index (χ1n) is 5.20. The van der Waals surface area contributed by atoms with Gasteiger partial charge in [0, 0.05) is 24.3 Å². The average Bonchev–Trinajstić information content (AvgIpc) is 2.65. The molecule has 2 rings (SSSR count). The molecule has 1 saturated heterocycles. The van der Waals surface area contributed by atoms with Gasteiger partial charge in [-0.1, -0.05) is 0 Å². The SMILES string of the molecule is CC1CCCN1c1nccc(CCl)c1F. The van der Waals surface area contributed by atoms with Gasteiger partial charge >= 0.3 is 0 Å². The molecule has 0 N–H and O–H groups in total. The van der Waals surface area contributed by atoms with Crippen molar-refractivity contribution >= 4 is 17.4 Å². The zero-order valence-electron chi connectivity index (χ0n) is 8.71. The Morgan fingerprint density at radius 2 is 2.47 bits per heavy atom. The van der Waals surface area contributed by atoms with Crippen LogP contribution in [-0.4, -0.2) is 17.6 Å². The smallest absolute Gasteiger partial charge is 0.170 e. The standard InChI is InChI=1S/C11H14ClFN2/c1-8-3-2-6-15(8)11-10(13)9(7-12)4-5-14-11/h4-5,8H,2-3,6-7H2,1H3. The highest BCUT2D eigenvalue weighted by atomic mass is 35.5. The molecule has 0 spiro atoms. The summed E-state index contributed by atoms with van der Waals surface area (Å²) in [6, 6.07) is 2.00. The summed E-state index contributed by atoms with van der Waals surface area (Å²) in [5.74, 6) is 0.392. The lowest BCUT2D eigenvalue weighted by molar-refractivity contribution is 0.595. The van der Waals surface area contributed by atoms with Crippen LogP contribution >= 0.6 is 11.6 Å². The number of anilines is 1. The topological polar surface area (TPSA) is 16.1 Å². The number of nitrogens with zero attached hydrogens (tertiary/aromatic N) is 2. The summed E-state index contributed by atoms with van der Waals surface area (Å²) >= 11 is 5.66. The summed E-state index contributed by atoms with van der Waals surface area (Å²) in [5, 5.41) is 0. The molecule has 0 bridgehead atoms. The van der Waals surface area contributed by atoms with Crippen molar-refractivity contribution in [3.8, 4) is 0 Å². The van der Waals surface area contributed by atoms with Gasteiger partial charge < -0.3 is 4.90 Å². The van der Waals surface area contributed by atoms with E-state index in [-0.39, 0.29) is 11.7 Å². The summed E-state index contributed by atoms with van der Waals surface area (Å²) in [7, 11) is 0. The van der Waals surface area contributed by atoms with E-state index in [0.29, 0.717) is 17.4 Å². The van der Waals surface area contributed by atoms with Crippen molar-refractivity contribution in [2.45, 2.75) is 31.7 Å². The molecule has 0 saturated carbocycles. The van der Waals surface area contributed by atoms with E-state index in [2.05, 4.69) is 11.9 Å². The fourth-order valence-corrected chi connectivity index (χ4v) is 2.23. The van der Waals surface area contributed by atoms with Crippen molar-refractivity contribution < 1.29 is 4.39 Å². The van der Waals surface area contributed by atoms with Crippen LogP contribution in [-0.2, 0) is 5.88 Å². The van der Waals surface area contributed by atoms with E-state index in [1.54, 1.807) is 12.3 Å². The first kappa shape index (κ1) is 10.7. The number of halogens is 2. The normalized spacial score (nSPS) is 21.0. The summed E-state index contributed by atoms with van der Waals surface area (Å²) in [6.07, 6.45) is 3.83. The predicted octanol–water partition coefficient (Wildman–Crippen LogP) is 2.95. The van der Waals surface area contributed by atoms with Crippen LogP contribution in [0.25, 0.3) is 0 Å². The molecule has 1 aliphatic heterocycles. The predicted molar refractivity (Wildman–Crippen MR) is 59.8 cm³/mol. The second-order valence-electron chi connectivity index (χ2n) is 3.93. The molecule has 0 radical (unpaired) electrons. The molecule has 1 fully saturated rings. The van der Waals surface area contributed by atoms with Crippen molar-refractivity contribution in [1.82, 2.24) is 4.98 Å². The lowest BCUT2D eigenvalue weighted by atomic mass is 10.2. The van der Waals surface area contributed by atoms with E-state index in [1.807, 2.05) is 4.90 Å². The summed E-state index contributed by atoms with van der Waals surface area (Å²) in [6.45, 7) is 2.98. The van der Waals surface area contributed by atoms with Crippen molar-refractivity contribution in [3.05, 3.63) is 23.6 Å². The Hall–Kier alpha value is -0.830. The van der Waals surface area contributed by atoms with Crippen LogP contribution in [0.4, 0.5) is 10.2 Å². The van der Waals surface area contributed by atoms with Crippen LogP contribution in [0.1, 0.15) is 25.3 Å². The van der Waals surface area contributed by atoms with Crippen LogP contribution in [0.3, 0.4) is 0 Å². The molecule has 0 aromatic carbocycles. The van der Waals surface area contributed by atoms with Crippen LogP contribution in [0.2, 0.25) is 0 Å². The molecule has 15 heavy (non-hydrogen) atoms. The second kappa shape index (κ2) is 4.35. The molecule has 2 heterocycles. The first-order chi connectivity index (χ1) is 7.24. The van der Waals surface area contributed by atoms with Crippen LogP contribution in [0.5, 0.6) is 0 Å². The molecule has 4 heteroatoms. The number of hydrogen-bond acceptors (Lipinski definition) is 2. The zero-order valence-corrected chi connectivity index (χ0v) is 9.47. The van der Waals surface area contributed by atoms with Crippen molar-refractivity contribution in [3.63, 3.8) is 0 Å². The number of alkyl halides is 1. The molecule has 0 aliphatic carbocycles. The molecule has 1 atom stereocenters. The fraction of sp³-hybridized carbons (Fsp3) is 0.545. The van der Waals surface area contributed by atoms with Gasteiger partial charge in [0.05, 0.1) is 5.88 Å². The molecule has 1 aliphatic rings. The highest BCUT2D eigenvalue weighted by Crippen LogP contribution is 2.27. The van der Waals surface area contributed by atoms with E-state index < -0.39 is 0 Å². The molecular formula is C11H14ClFN2. The van der Waals surface area contributed by atoms with Crippen LogP contribution < -0.4 is 4.90 Å². The monoisotopic (exact) mass is 228 g/mol. The van der Waals surface area contributed by atoms with E-state index >= 15 is 0 Å². The third kappa shape index (κ3) is 1.93. The lowest BCUT2D eigenvalue weighted by Crippen LogP contribution is -2.28. The Labute approximate surface area is 94.1 Å². The van der Waals surface area contributed by atoms with Gasteiger partial charge in [0.15, 0.2) is 11.6 Å². The molecule has 1 aromatic rings. The third-order valence-corrected chi connectivity index (χ3v) is 3.21. The Morgan fingerprint density at radius 1 is 1.67 bits per heavy atom. The summed E-state index contributed by atoms with van der Waals surface area (Å²) in [4.78, 5) is 6.13. The van der Waals surface area contributed by atoms with Crippen molar-refractivity contribution in [2.24, 2.45) is 0 Å². The quantitative estimate of drug-likeness (QED) is 0.724. The van der Waals surface area contributed by atoms with Gasteiger partial charge in [-0.3, -0.25) is 0 Å². The minimum Gasteiger partial charge on any atom is -0.351 e. The molecular weight excluding hydrogens is 215 g/mol. The van der Waals surface area contributed by atoms with E-state index in [9.17, 15) is 4.39 Å². The molecule has 82 valence electrons. The maximum atomic E-state index is 13.9. The number of hydrogen-bond donors (Lipinski definition) is 0. The Kier molecular flexibility index (Phi) is 3.10. The van der Waals surface area contributed by atoms with Gasteiger partial charge in [-0.2, -0.15) is 0 Å². The van der Waals surface area contributed by atoms with Gasteiger partial charge in [0.1, 0.15) is 0 Å². The van der Waals surface area contributed by atoms with Gasteiger partial charge in [-0.25, -0.2) is 9.37 Å². The van der Waals surface area contributed by atoms with Crippen molar-refractivity contribution in [1.29, 1.82) is 0 Å². The third-order valence-electron chi connectivity index (χ3n) is 2.92. The number of rotatable bonds is 2. The van der Waals surface area contributed by atoms with Gasteiger partial charge in [0.25, 0.3) is 0 Å². The highest BCUT2D eigenvalue weighted by molar-refractivity contribution is 6.17. The van der Waals surface area contributed by atoms with Crippen molar-refractivity contribution in [2.75, 3.05) is 11.4 Å². The van der Waals surface area contributed by atoms with Gasteiger partial charge in [0.2, 0.25) is 0 Å². The largest absolute Gasteiger partial charge is 0.351 e. The second-order valence-corrected chi connectivity index (χ2v) is 4.19. The lowest BCUT2D eigenvalue weighted by Gasteiger charge is -2.23. The molecule has 0 amide bonds. The molecule has 1 unspecified atom stereocenters. The van der Waals surface area contributed by atoms with Crippen LogP contribution in [0.15, 0.2) is 12.3 Å². The Balaban J connectivity index is 2.35. The summed E-state index contributed by atoms with van der Waals surface area (Å²) < 4.78 is 13.9. The maximum absolute atomic E-state index is 13.9. The maximum Gasteiger partial charge on any atom is 0.170 e. The Morgan fingerprint density at radius 3 is 3.07 bits per heavy atom. The molecule has 2 nitrogen and oxygen atoms in total. The number of aromatic nitrogens is 1. The minimum atomic E-state index is -0.263. The number of pyridine rings is 1. The fourth-order valence-electron chi connectivity index (χ4n) is 2.02. The first-order valence-corrected chi connectivity index (χ1v) is 5.73. The minimum absolute atomic E-state index is 0.198. The van der Waals surface area contributed by atoms with E-state index in [1.165, 1.54) is 0 Å². The van der Waals surface area contributed by atoms with E-state index in [0.717, 1.165) is 19.4 Å². The van der Waals surface area contributed by atoms with Gasteiger partial charge in [-0.15, -0.1) is 11.6 Å².